The fourth-order valence-electron chi connectivity index (χ4n) is 4.16. The Morgan fingerprint density at radius 3 is 2.58 bits per heavy atom. The van der Waals surface area contributed by atoms with Gasteiger partial charge in [-0.1, -0.05) is 47.5 Å². The fraction of sp³-hybridized carbons (Fsp3) is 0.172. The Morgan fingerprint density at radius 2 is 1.89 bits per heavy atom. The van der Waals surface area contributed by atoms with E-state index in [0.717, 1.165) is 27.8 Å². The van der Waals surface area contributed by atoms with Gasteiger partial charge in [0.25, 0.3) is 0 Å². The van der Waals surface area contributed by atoms with Crippen LogP contribution in [0, 0.1) is 29.6 Å². The summed E-state index contributed by atoms with van der Waals surface area (Å²) in [5, 5.41) is 21.3. The summed E-state index contributed by atoms with van der Waals surface area (Å²) >= 11 is 13.3. The molecule has 0 aliphatic carbocycles. The zero-order valence-corrected chi connectivity index (χ0v) is 22.9. The Labute approximate surface area is 233 Å². The van der Waals surface area contributed by atoms with Gasteiger partial charge in [-0.15, -0.1) is 11.3 Å². The number of thiophene rings is 1. The lowest BCUT2D eigenvalue weighted by Gasteiger charge is -2.06. The normalized spacial score (nSPS) is 11.3. The van der Waals surface area contributed by atoms with E-state index >= 15 is 0 Å². The van der Waals surface area contributed by atoms with E-state index in [2.05, 4.69) is 6.07 Å². The smallest absolute Gasteiger partial charge is 0.348 e. The third-order valence-corrected chi connectivity index (χ3v) is 8.00. The molecule has 0 amide bonds. The minimum absolute atomic E-state index is 0.0462. The van der Waals surface area contributed by atoms with Crippen LogP contribution in [-0.4, -0.2) is 22.9 Å². The van der Waals surface area contributed by atoms with Crippen molar-refractivity contribution in [3.8, 4) is 12.1 Å². The van der Waals surface area contributed by atoms with Gasteiger partial charge in [-0.3, -0.25) is 4.79 Å². The number of nitrogens with zero attached hydrogens (tertiary/aromatic N) is 3. The van der Waals surface area contributed by atoms with Gasteiger partial charge in [0.15, 0.2) is 5.78 Å². The summed E-state index contributed by atoms with van der Waals surface area (Å²) in [5.74, 6) is -0.974. The Kier molecular flexibility index (Phi) is 8.34. The van der Waals surface area contributed by atoms with Gasteiger partial charge in [0, 0.05) is 40.5 Å². The first-order chi connectivity index (χ1) is 18.3. The number of ether oxygens (including phenoxy) is 1. The highest BCUT2D eigenvalue weighted by Crippen LogP contribution is 2.31. The second-order valence-corrected chi connectivity index (χ2v) is 10.4. The van der Waals surface area contributed by atoms with Crippen LogP contribution in [0.25, 0.3) is 17.0 Å². The predicted octanol–water partition coefficient (Wildman–Crippen LogP) is 7.13. The Morgan fingerprint density at radius 1 is 1.13 bits per heavy atom. The summed E-state index contributed by atoms with van der Waals surface area (Å²) in [5.41, 5.74) is 3.28. The second kappa shape index (κ2) is 11.7. The summed E-state index contributed by atoms with van der Waals surface area (Å²) in [6.45, 7) is 4.06. The molecule has 0 saturated heterocycles. The van der Waals surface area contributed by atoms with Crippen molar-refractivity contribution >= 4 is 63.3 Å². The van der Waals surface area contributed by atoms with E-state index in [1.165, 1.54) is 0 Å². The summed E-state index contributed by atoms with van der Waals surface area (Å²) in [4.78, 5) is 26.2. The number of esters is 1. The monoisotopic (exact) mass is 561 g/mol. The van der Waals surface area contributed by atoms with Crippen molar-refractivity contribution in [1.82, 2.24) is 4.57 Å². The first kappa shape index (κ1) is 27.2. The Hall–Kier alpha value is -3.88. The van der Waals surface area contributed by atoms with Crippen LogP contribution in [0.2, 0.25) is 10.0 Å². The Balaban J connectivity index is 1.67. The van der Waals surface area contributed by atoms with Crippen LogP contribution in [0.4, 0.5) is 0 Å². The molecule has 0 fully saturated rings. The van der Waals surface area contributed by atoms with E-state index in [-0.39, 0.29) is 24.2 Å². The SMILES string of the molecule is CCOC(=O)c1sc(CC(=O)/C(C#N)=C/c2cn(Cc3ccc(Cl)c(Cl)c3)c3ccccc23)c(C#N)c1C. The number of fused-ring (bicyclic) bond motifs is 1. The molecule has 4 rings (SSSR count). The van der Waals surface area contributed by atoms with Gasteiger partial charge in [0.2, 0.25) is 0 Å². The van der Waals surface area contributed by atoms with Crippen molar-refractivity contribution in [2.75, 3.05) is 6.61 Å². The van der Waals surface area contributed by atoms with E-state index < -0.39 is 11.8 Å². The third kappa shape index (κ3) is 5.51. The number of ketones is 1. The van der Waals surface area contributed by atoms with Gasteiger partial charge in [-0.2, -0.15) is 10.5 Å². The number of allylic oxidation sites excluding steroid dienone is 1. The van der Waals surface area contributed by atoms with Gasteiger partial charge >= 0.3 is 5.97 Å². The van der Waals surface area contributed by atoms with E-state index in [9.17, 15) is 20.1 Å². The zero-order valence-electron chi connectivity index (χ0n) is 20.5. The van der Waals surface area contributed by atoms with Gasteiger partial charge < -0.3 is 9.30 Å². The minimum Gasteiger partial charge on any atom is -0.462 e. The van der Waals surface area contributed by atoms with Gasteiger partial charge in [-0.25, -0.2) is 4.79 Å². The highest BCUT2D eigenvalue weighted by Gasteiger charge is 2.23. The molecule has 0 spiro atoms. The molecule has 4 aromatic rings. The molecule has 0 aliphatic rings. The van der Waals surface area contributed by atoms with E-state index in [0.29, 0.717) is 37.5 Å². The van der Waals surface area contributed by atoms with Crippen molar-refractivity contribution < 1.29 is 14.3 Å². The van der Waals surface area contributed by atoms with Crippen molar-refractivity contribution in [1.29, 1.82) is 10.5 Å². The molecule has 190 valence electrons. The first-order valence-electron chi connectivity index (χ1n) is 11.6. The number of carbonyl (C=O) groups excluding carboxylic acids is 2. The maximum Gasteiger partial charge on any atom is 0.348 e. The maximum atomic E-state index is 13.2. The molecule has 0 radical (unpaired) electrons. The lowest BCUT2D eigenvalue weighted by Crippen LogP contribution is -2.05. The van der Waals surface area contributed by atoms with Crippen molar-refractivity contribution in [3.05, 3.63) is 96.3 Å². The molecule has 2 heterocycles. The summed E-state index contributed by atoms with van der Waals surface area (Å²) in [6.07, 6.45) is 3.27. The molecule has 6 nitrogen and oxygen atoms in total. The van der Waals surface area contributed by atoms with Gasteiger partial charge in [0.05, 0.1) is 27.8 Å². The lowest BCUT2D eigenvalue weighted by molar-refractivity contribution is -0.114. The third-order valence-electron chi connectivity index (χ3n) is 5.99. The van der Waals surface area contributed by atoms with E-state index in [1.807, 2.05) is 47.2 Å². The standard InChI is InChI=1S/C29H21Cl2N3O3S/c1-3-37-29(36)28-17(2)22(14-33)27(38-28)12-26(35)19(13-32)11-20-16-34(25-7-5-4-6-21(20)25)15-18-8-9-23(30)24(31)10-18/h4-11,16H,3,12,15H2,1-2H3/b19-11+. The molecule has 0 atom stereocenters. The molecule has 0 bridgehead atoms. The molecule has 0 unspecified atom stereocenters. The van der Waals surface area contributed by atoms with Gasteiger partial charge in [-0.05, 0) is 49.2 Å². The topological polar surface area (TPSA) is 95.9 Å². The van der Waals surface area contributed by atoms with Gasteiger partial charge in [0.1, 0.15) is 17.0 Å². The van der Waals surface area contributed by atoms with E-state index in [1.54, 1.807) is 32.1 Å². The predicted molar refractivity (Wildman–Crippen MR) is 150 cm³/mol. The molecule has 0 N–H and O–H groups in total. The number of aromatic nitrogens is 1. The Bertz CT molecular complexity index is 1690. The number of para-hydroxylation sites is 1. The lowest BCUT2D eigenvalue weighted by atomic mass is 10.0. The highest BCUT2D eigenvalue weighted by molar-refractivity contribution is 7.14. The van der Waals surface area contributed by atoms with Crippen LogP contribution in [0.5, 0.6) is 0 Å². The molecular weight excluding hydrogens is 541 g/mol. The molecule has 9 heteroatoms. The average Bonchev–Trinajstić information content (AvgIpc) is 3.41. The maximum absolute atomic E-state index is 13.2. The van der Waals surface area contributed by atoms with Crippen molar-refractivity contribution in [3.63, 3.8) is 0 Å². The molecular formula is C29H21Cl2N3O3S. The number of carbonyl (C=O) groups is 2. The highest BCUT2D eigenvalue weighted by atomic mass is 35.5. The largest absolute Gasteiger partial charge is 0.462 e. The van der Waals surface area contributed by atoms with Crippen LogP contribution in [0.15, 0.2) is 54.2 Å². The fourth-order valence-corrected chi connectivity index (χ4v) is 5.63. The van der Waals surface area contributed by atoms with Crippen LogP contribution in [0.1, 0.15) is 43.7 Å². The molecule has 0 aliphatic heterocycles. The van der Waals surface area contributed by atoms with Crippen LogP contribution in [-0.2, 0) is 22.5 Å². The van der Waals surface area contributed by atoms with Crippen LogP contribution >= 0.6 is 34.5 Å². The second-order valence-electron chi connectivity index (χ2n) is 8.43. The first-order valence-corrected chi connectivity index (χ1v) is 13.2. The van der Waals surface area contributed by atoms with Crippen LogP contribution < -0.4 is 0 Å². The van der Waals surface area contributed by atoms with Crippen molar-refractivity contribution in [2.45, 2.75) is 26.8 Å². The molecule has 2 aromatic carbocycles. The number of benzene rings is 2. The van der Waals surface area contributed by atoms with Crippen LogP contribution in [0.3, 0.4) is 0 Å². The number of hydrogen-bond donors (Lipinski definition) is 0. The summed E-state index contributed by atoms with van der Waals surface area (Å²) in [7, 11) is 0. The summed E-state index contributed by atoms with van der Waals surface area (Å²) in [6, 6.07) is 17.2. The quantitative estimate of drug-likeness (QED) is 0.129. The number of Topliss-reactive ketones (excluding diaryl/α,β-unsaturated/α-hetero) is 1. The van der Waals surface area contributed by atoms with E-state index in [4.69, 9.17) is 27.9 Å². The number of nitriles is 2. The molecule has 0 saturated carbocycles. The number of hydrogen-bond acceptors (Lipinski definition) is 6. The summed E-state index contributed by atoms with van der Waals surface area (Å²) < 4.78 is 7.09. The zero-order chi connectivity index (χ0) is 27.4. The molecule has 2 aromatic heterocycles. The van der Waals surface area contributed by atoms with Crippen molar-refractivity contribution in [2.24, 2.45) is 0 Å². The average molecular weight is 562 g/mol. The number of rotatable bonds is 8. The minimum atomic E-state index is -0.531. The molecule has 38 heavy (non-hydrogen) atoms. The number of halogens is 2.